The zero-order valence-corrected chi connectivity index (χ0v) is 66.1. The molecule has 2 heterocycles. The molecule has 1 aliphatic carbocycles. The average molecular weight is 1430 g/mol. The van der Waals surface area contributed by atoms with Gasteiger partial charge in [0.05, 0.1) is 34.1 Å². The van der Waals surface area contributed by atoms with Crippen LogP contribution in [-0.4, -0.2) is 0 Å². The Morgan fingerprint density at radius 1 is 0.216 bits per heavy atom. The summed E-state index contributed by atoms with van der Waals surface area (Å²) in [6.45, 7) is 27.8. The smallest absolute Gasteiger partial charge is 0.0618 e. The van der Waals surface area contributed by atoms with Crippen molar-refractivity contribution in [2.75, 3.05) is 9.80 Å². The molecule has 0 N–H and O–H groups in total. The highest BCUT2D eigenvalue weighted by molar-refractivity contribution is 6.07. The van der Waals surface area contributed by atoms with E-state index in [0.717, 1.165) is 96.2 Å². The van der Waals surface area contributed by atoms with Gasteiger partial charge in [0.15, 0.2) is 0 Å². The summed E-state index contributed by atoms with van der Waals surface area (Å²) < 4.78 is 0. The lowest BCUT2D eigenvalue weighted by Crippen LogP contribution is -2.31. The highest BCUT2D eigenvalue weighted by Gasteiger charge is 2.45. The lowest BCUT2D eigenvalue weighted by Gasteiger charge is -2.47. The van der Waals surface area contributed by atoms with Crippen LogP contribution in [0.3, 0.4) is 0 Å². The van der Waals surface area contributed by atoms with Crippen molar-refractivity contribution in [2.45, 2.75) is 123 Å². The molecule has 18 rings (SSSR count). The summed E-state index contributed by atoms with van der Waals surface area (Å²) in [4.78, 5) is 5.51. The third-order valence-electron chi connectivity index (χ3n) is 23.9. The van der Waals surface area contributed by atoms with Crippen LogP contribution in [0.1, 0.15) is 162 Å². The molecule has 0 saturated heterocycles. The molecule has 0 atom stereocenters. The van der Waals surface area contributed by atoms with Crippen LogP contribution in [0.2, 0.25) is 0 Å². The Hall–Kier alpha value is -12.1. The molecule has 0 saturated carbocycles. The van der Waals surface area contributed by atoms with Gasteiger partial charge in [0.1, 0.15) is 0 Å². The van der Waals surface area contributed by atoms with Crippen molar-refractivity contribution < 1.29 is 0 Å². The van der Waals surface area contributed by atoms with Gasteiger partial charge in [-0.2, -0.15) is 0 Å². The minimum atomic E-state index is -0.305. The number of fused-ring (bicyclic) bond motifs is 6. The molecule has 0 bridgehead atoms. The Kier molecular flexibility index (Phi) is 17.5. The molecule has 0 radical (unpaired) electrons. The molecule has 542 valence electrons. The molecule has 15 aromatic carbocycles. The maximum atomic E-state index is 2.75. The molecule has 2 heteroatoms. The van der Waals surface area contributed by atoms with Crippen LogP contribution in [0.5, 0.6) is 0 Å². The van der Waals surface area contributed by atoms with Crippen molar-refractivity contribution in [1.29, 1.82) is 0 Å². The quantitative estimate of drug-likeness (QED) is 0.127. The Morgan fingerprint density at radius 2 is 0.486 bits per heavy atom. The molecule has 111 heavy (non-hydrogen) atoms. The van der Waals surface area contributed by atoms with E-state index >= 15 is 0 Å². The highest BCUT2D eigenvalue weighted by atomic mass is 15.2. The number of para-hydroxylation sites is 2. The highest BCUT2D eigenvalue weighted by Crippen LogP contribution is 2.65. The molecule has 0 unspecified atom stereocenters. The Bertz CT molecular complexity index is 5530. The van der Waals surface area contributed by atoms with E-state index in [0.29, 0.717) is 0 Å². The summed E-state index contributed by atoms with van der Waals surface area (Å²) in [7, 11) is 0. The van der Waals surface area contributed by atoms with Crippen LogP contribution >= 0.6 is 0 Å². The summed E-state index contributed by atoms with van der Waals surface area (Å²) in [6.07, 6.45) is 0.866. The third-order valence-corrected chi connectivity index (χ3v) is 23.9. The van der Waals surface area contributed by atoms with Crippen LogP contribution in [0, 0.1) is 0 Å². The SMILES string of the molecule is CC(C)(C)c1ccc(-c2cccc(-c3ccc(C(C)(C)C)cc3)c2N2c3ccc(-c4ccccc4-c4ccccc4)cc3C3c4cc(-c5ccccc5-c5ccccc5)ccc4N(c4c(-c5ccc(C(C)(C)C)cc5)cccc4-c4ccc(C(C)(C)C)cc4)c4cc(C5c6ccccc6Cc6ccccc65)cc2c43)cc1. The standard InChI is InChI=1S/C109H96N2/c1-106(2,3)81-55-45-72(46-56-81)91-41-27-42-92(73-47-57-82(58-48-73)107(4,5)6)104(91)110-97-63-53-78(87-37-25-23-35-85(87)70-29-15-13-16-30-70)66-95(97)102-96-67-79(88-38-26-24-36-86(88)71-31-17-14-18-32-71)54-64-98(96)111(100-69-80(68-99(110)103(100)102)101-89-39-21-19-33-76(89)65-77-34-20-22-40-90(77)101)105-93(74-49-59-83(60-50-74)108(7,8)9)43-28-44-94(105)75-51-61-84(62-52-75)109(10,11)12/h13-64,66-69,101-102H,65H2,1-12H3. The predicted molar refractivity (Wildman–Crippen MR) is 472 cm³/mol. The van der Waals surface area contributed by atoms with Crippen molar-refractivity contribution in [3.8, 4) is 89.0 Å². The van der Waals surface area contributed by atoms with Gasteiger partial charge in [-0.25, -0.2) is 0 Å². The third kappa shape index (κ3) is 12.7. The maximum Gasteiger partial charge on any atom is 0.0618 e. The average Bonchev–Trinajstić information content (AvgIpc) is 0.684. The zero-order chi connectivity index (χ0) is 76.2. The summed E-state index contributed by atoms with van der Waals surface area (Å²) >= 11 is 0. The molecule has 0 fully saturated rings. The van der Waals surface area contributed by atoms with Crippen LogP contribution < -0.4 is 9.80 Å². The molecular formula is C109H96N2. The van der Waals surface area contributed by atoms with Crippen molar-refractivity contribution in [3.05, 3.63) is 406 Å². The Balaban J connectivity index is 1.03. The fourth-order valence-corrected chi connectivity index (χ4v) is 18.0. The molecule has 0 aromatic heterocycles. The fourth-order valence-electron chi connectivity index (χ4n) is 18.0. The van der Waals surface area contributed by atoms with Crippen molar-refractivity contribution >= 4 is 34.1 Å². The van der Waals surface area contributed by atoms with Gasteiger partial charge in [-0.05, 0) is 192 Å². The van der Waals surface area contributed by atoms with E-state index in [1.165, 1.54) is 100 Å². The zero-order valence-electron chi connectivity index (χ0n) is 66.1. The van der Waals surface area contributed by atoms with Gasteiger partial charge in [0, 0.05) is 39.7 Å². The molecular weight excluding hydrogens is 1340 g/mol. The second kappa shape index (κ2) is 27.5. The van der Waals surface area contributed by atoms with E-state index in [2.05, 4.69) is 433 Å². The second-order valence-corrected chi connectivity index (χ2v) is 35.2. The summed E-state index contributed by atoms with van der Waals surface area (Å²) in [5.74, 6) is -0.429. The largest absolute Gasteiger partial charge is 0.309 e. The summed E-state index contributed by atoms with van der Waals surface area (Å²) in [5, 5.41) is 0. The number of hydrogen-bond acceptors (Lipinski definition) is 2. The molecule has 2 nitrogen and oxygen atoms in total. The second-order valence-electron chi connectivity index (χ2n) is 35.2. The van der Waals surface area contributed by atoms with E-state index in [1.807, 2.05) is 0 Å². The van der Waals surface area contributed by atoms with Crippen molar-refractivity contribution in [1.82, 2.24) is 0 Å². The van der Waals surface area contributed by atoms with Gasteiger partial charge in [0.2, 0.25) is 0 Å². The molecule has 0 amide bonds. The van der Waals surface area contributed by atoms with Crippen molar-refractivity contribution in [2.24, 2.45) is 0 Å². The lowest BCUT2D eigenvalue weighted by molar-refractivity contribution is 0.590. The lowest BCUT2D eigenvalue weighted by atomic mass is 9.71. The van der Waals surface area contributed by atoms with E-state index in [9.17, 15) is 0 Å². The minimum Gasteiger partial charge on any atom is -0.309 e. The molecule has 3 aliphatic rings. The first-order chi connectivity index (χ1) is 53.6. The van der Waals surface area contributed by atoms with E-state index in [-0.39, 0.29) is 33.5 Å². The van der Waals surface area contributed by atoms with E-state index < -0.39 is 0 Å². The number of rotatable bonds is 11. The van der Waals surface area contributed by atoms with Crippen LogP contribution in [0.25, 0.3) is 89.0 Å². The first-order valence-corrected chi connectivity index (χ1v) is 39.8. The first kappa shape index (κ1) is 70.6. The van der Waals surface area contributed by atoms with Gasteiger partial charge in [0.25, 0.3) is 0 Å². The molecule has 2 aliphatic heterocycles. The van der Waals surface area contributed by atoms with Gasteiger partial charge in [-0.1, -0.05) is 386 Å². The van der Waals surface area contributed by atoms with Gasteiger partial charge >= 0.3 is 0 Å². The van der Waals surface area contributed by atoms with E-state index in [1.54, 1.807) is 0 Å². The molecule has 0 spiro atoms. The number of anilines is 6. The van der Waals surface area contributed by atoms with Gasteiger partial charge in [-0.15, -0.1) is 0 Å². The fraction of sp³-hybridized carbons (Fsp3) is 0.174. The van der Waals surface area contributed by atoms with Crippen molar-refractivity contribution in [3.63, 3.8) is 0 Å². The Morgan fingerprint density at radius 3 is 0.811 bits per heavy atom. The number of hydrogen-bond donors (Lipinski definition) is 0. The minimum absolute atomic E-state index is 0.0541. The molecule has 15 aromatic rings. The van der Waals surface area contributed by atoms with Gasteiger partial charge in [-0.3, -0.25) is 0 Å². The Labute approximate surface area is 658 Å². The van der Waals surface area contributed by atoms with Gasteiger partial charge < -0.3 is 9.80 Å². The normalized spacial score (nSPS) is 13.4. The van der Waals surface area contributed by atoms with Crippen LogP contribution in [-0.2, 0) is 28.1 Å². The van der Waals surface area contributed by atoms with Crippen LogP contribution in [0.4, 0.5) is 34.1 Å². The predicted octanol–water partition coefficient (Wildman–Crippen LogP) is 30.0. The number of nitrogens with zero attached hydrogens (tertiary/aromatic N) is 2. The summed E-state index contributed by atoms with van der Waals surface area (Å²) in [6, 6.07) is 131. The maximum absolute atomic E-state index is 2.75. The monoisotopic (exact) mass is 1430 g/mol. The topological polar surface area (TPSA) is 6.48 Å². The van der Waals surface area contributed by atoms with E-state index in [4.69, 9.17) is 0 Å². The first-order valence-electron chi connectivity index (χ1n) is 39.8. The number of benzene rings is 15. The van der Waals surface area contributed by atoms with Crippen LogP contribution in [0.15, 0.2) is 340 Å². The summed E-state index contributed by atoms with van der Waals surface area (Å²) in [5.41, 5.74) is 40.8.